The van der Waals surface area contributed by atoms with Gasteiger partial charge in [0.15, 0.2) is 11.4 Å². The Morgan fingerprint density at radius 2 is 1.69 bits per heavy atom. The van der Waals surface area contributed by atoms with E-state index in [-0.39, 0.29) is 35.3 Å². The van der Waals surface area contributed by atoms with E-state index >= 15 is 0 Å². The lowest BCUT2D eigenvalue weighted by Gasteiger charge is -2.50. The Bertz CT molecular complexity index is 1670. The number of rotatable bonds is 3. The Morgan fingerprint density at radius 1 is 1.05 bits per heavy atom. The Hall–Kier alpha value is -4.59. The van der Waals surface area contributed by atoms with Crippen LogP contribution in [0.25, 0.3) is 5.76 Å². The van der Waals surface area contributed by atoms with E-state index in [1.165, 1.54) is 4.90 Å². The van der Waals surface area contributed by atoms with Gasteiger partial charge in [-0.2, -0.15) is 0 Å². The van der Waals surface area contributed by atoms with Crippen LogP contribution in [0, 0.1) is 30.6 Å². The number of likely N-dealkylation sites (N-methyl/N-ethyl adjacent to an activating group) is 1. The Labute approximate surface area is 243 Å². The third kappa shape index (κ3) is 4.16. The standard InChI is InChI=1S/C32H33N3O7/c1-15-6-8-16(9-7-15)10-11-17-14-21(34(2)3)19-12-18-13-20-25(35(4)5)28(38)24(31(33)41)30(40)32(20,42)29(39)22(18)27(37)23(19)26(17)36/h6-9,14,18,20,25,36-37,40,42H,12-13H2,1-5H3,(H2,33,41). The highest BCUT2D eigenvalue weighted by atomic mass is 16.3. The van der Waals surface area contributed by atoms with Crippen LogP contribution in [-0.2, 0) is 20.8 Å². The summed E-state index contributed by atoms with van der Waals surface area (Å²) in [4.78, 5) is 42.8. The maximum Gasteiger partial charge on any atom is 0.255 e. The predicted octanol–water partition coefficient (Wildman–Crippen LogP) is 1.74. The molecule has 1 amide bonds. The highest BCUT2D eigenvalue weighted by Gasteiger charge is 2.64. The number of primary amides is 1. The van der Waals surface area contributed by atoms with Gasteiger partial charge in [0, 0.05) is 36.8 Å². The molecule has 0 saturated heterocycles. The second-order valence-corrected chi connectivity index (χ2v) is 11.6. The molecule has 4 unspecified atom stereocenters. The summed E-state index contributed by atoms with van der Waals surface area (Å²) in [5, 5.41) is 45.8. The molecule has 1 saturated carbocycles. The van der Waals surface area contributed by atoms with Gasteiger partial charge in [-0.3, -0.25) is 19.3 Å². The molecule has 10 heteroatoms. The number of benzene rings is 2. The minimum atomic E-state index is -2.69. The van der Waals surface area contributed by atoms with Crippen molar-refractivity contribution < 1.29 is 34.8 Å². The molecule has 10 nitrogen and oxygen atoms in total. The monoisotopic (exact) mass is 571 g/mol. The number of nitrogens with two attached hydrogens (primary N) is 1. The third-order valence-corrected chi connectivity index (χ3v) is 8.57. The van der Waals surface area contributed by atoms with Crippen molar-refractivity contribution in [3.05, 3.63) is 75.1 Å². The van der Waals surface area contributed by atoms with E-state index in [1.54, 1.807) is 34.3 Å². The predicted molar refractivity (Wildman–Crippen MR) is 156 cm³/mol. The molecule has 2 aromatic rings. The van der Waals surface area contributed by atoms with Crippen molar-refractivity contribution in [1.29, 1.82) is 0 Å². The second-order valence-electron chi connectivity index (χ2n) is 11.6. The summed E-state index contributed by atoms with van der Waals surface area (Å²) < 4.78 is 0. The number of aromatic hydroxyl groups is 1. The van der Waals surface area contributed by atoms with Crippen LogP contribution < -0.4 is 10.6 Å². The highest BCUT2D eigenvalue weighted by Crippen LogP contribution is 2.54. The van der Waals surface area contributed by atoms with Crippen molar-refractivity contribution in [3.8, 4) is 17.6 Å². The summed E-state index contributed by atoms with van der Waals surface area (Å²) in [5.41, 5.74) is 4.91. The smallest absolute Gasteiger partial charge is 0.255 e. The molecule has 42 heavy (non-hydrogen) atoms. The molecule has 1 fully saturated rings. The lowest BCUT2D eigenvalue weighted by atomic mass is 9.57. The van der Waals surface area contributed by atoms with Crippen LogP contribution in [0.1, 0.15) is 34.2 Å². The molecule has 0 bridgehead atoms. The molecule has 0 aromatic heterocycles. The largest absolute Gasteiger partial charge is 0.508 e. The summed E-state index contributed by atoms with van der Waals surface area (Å²) in [6.07, 6.45) is 0.218. The number of Topliss-reactive ketones (excluding diaryl/α,β-unsaturated/α-hetero) is 2. The van der Waals surface area contributed by atoms with Crippen LogP contribution >= 0.6 is 0 Å². The minimum absolute atomic E-state index is 0.00527. The number of hydrogen-bond acceptors (Lipinski definition) is 9. The van der Waals surface area contributed by atoms with E-state index < -0.39 is 58.0 Å². The molecular formula is C32H33N3O7. The topological polar surface area (TPSA) is 165 Å². The van der Waals surface area contributed by atoms with Gasteiger partial charge in [0.2, 0.25) is 5.78 Å². The van der Waals surface area contributed by atoms with Crippen molar-refractivity contribution in [1.82, 2.24) is 4.90 Å². The number of phenols is 1. The maximum atomic E-state index is 14.1. The van der Waals surface area contributed by atoms with Gasteiger partial charge in [0.05, 0.1) is 17.2 Å². The Morgan fingerprint density at radius 3 is 2.26 bits per heavy atom. The van der Waals surface area contributed by atoms with E-state index in [0.29, 0.717) is 11.3 Å². The number of carbonyl (C=O) groups excluding carboxylic acids is 3. The van der Waals surface area contributed by atoms with Crippen LogP contribution in [0.15, 0.2) is 47.2 Å². The number of hydrogen-bond donors (Lipinski definition) is 5. The first-order chi connectivity index (χ1) is 19.7. The van der Waals surface area contributed by atoms with Crippen molar-refractivity contribution in [3.63, 3.8) is 0 Å². The zero-order valence-electron chi connectivity index (χ0n) is 24.0. The first kappa shape index (κ1) is 28.9. The third-order valence-electron chi connectivity index (χ3n) is 8.57. The first-order valence-electron chi connectivity index (χ1n) is 13.5. The second kappa shape index (κ2) is 10.0. The van der Waals surface area contributed by atoms with Gasteiger partial charge in [-0.15, -0.1) is 0 Å². The van der Waals surface area contributed by atoms with E-state index in [9.17, 15) is 34.8 Å². The number of ketones is 2. The van der Waals surface area contributed by atoms with Crippen LogP contribution in [0.5, 0.6) is 5.75 Å². The van der Waals surface area contributed by atoms with Crippen molar-refractivity contribution >= 4 is 28.9 Å². The summed E-state index contributed by atoms with van der Waals surface area (Å²) >= 11 is 0. The number of carbonyl (C=O) groups is 3. The number of aliphatic hydroxyl groups is 3. The zero-order valence-corrected chi connectivity index (χ0v) is 24.0. The highest BCUT2D eigenvalue weighted by molar-refractivity contribution is 6.24. The fraction of sp³-hybridized carbons (Fsp3) is 0.344. The Balaban J connectivity index is 1.72. The van der Waals surface area contributed by atoms with Gasteiger partial charge >= 0.3 is 0 Å². The SMILES string of the molecule is Cc1ccc(C#Cc2cc(N(C)C)c3c(c2O)C(O)=C2C(=O)C4(O)C(O)=C(C(N)=O)C(=O)C(N(C)C)C4CC2C3)cc1. The van der Waals surface area contributed by atoms with Gasteiger partial charge in [0.1, 0.15) is 22.8 Å². The van der Waals surface area contributed by atoms with Crippen molar-refractivity contribution in [2.45, 2.75) is 31.4 Å². The molecule has 4 atom stereocenters. The molecule has 6 N–H and O–H groups in total. The van der Waals surface area contributed by atoms with Crippen LogP contribution in [0.3, 0.4) is 0 Å². The van der Waals surface area contributed by atoms with Gasteiger partial charge in [0.25, 0.3) is 5.91 Å². The average Bonchev–Trinajstić information content (AvgIpc) is 2.90. The van der Waals surface area contributed by atoms with E-state index in [2.05, 4.69) is 11.8 Å². The van der Waals surface area contributed by atoms with Gasteiger partial charge < -0.3 is 31.1 Å². The molecule has 0 heterocycles. The summed E-state index contributed by atoms with van der Waals surface area (Å²) in [6.45, 7) is 1.96. The molecular weight excluding hydrogens is 538 g/mol. The lowest BCUT2D eigenvalue weighted by molar-refractivity contribution is -0.153. The molecule has 0 aliphatic heterocycles. The maximum absolute atomic E-state index is 14.1. The molecule has 2 aromatic carbocycles. The number of phenolic OH excluding ortho intramolecular Hbond substituents is 1. The number of aliphatic hydroxyl groups excluding tert-OH is 2. The number of aryl methyl sites for hydroxylation is 1. The quantitative estimate of drug-likeness (QED) is 0.273. The number of amides is 1. The molecule has 0 radical (unpaired) electrons. The number of anilines is 1. The molecule has 3 aliphatic rings. The average molecular weight is 572 g/mol. The zero-order chi connectivity index (χ0) is 30.8. The van der Waals surface area contributed by atoms with Gasteiger partial charge in [-0.25, -0.2) is 0 Å². The van der Waals surface area contributed by atoms with E-state index in [1.807, 2.05) is 36.1 Å². The van der Waals surface area contributed by atoms with E-state index in [0.717, 1.165) is 11.1 Å². The normalized spacial score (nSPS) is 25.0. The Kier molecular flexibility index (Phi) is 6.92. The minimum Gasteiger partial charge on any atom is -0.508 e. The molecule has 0 spiro atoms. The van der Waals surface area contributed by atoms with Crippen molar-refractivity contribution in [2.75, 3.05) is 33.1 Å². The van der Waals surface area contributed by atoms with Crippen molar-refractivity contribution in [2.24, 2.45) is 17.6 Å². The fourth-order valence-electron chi connectivity index (χ4n) is 6.56. The van der Waals surface area contributed by atoms with Gasteiger partial charge in [-0.1, -0.05) is 29.5 Å². The van der Waals surface area contributed by atoms with Gasteiger partial charge in [-0.05, 0) is 63.5 Å². The lowest BCUT2D eigenvalue weighted by Crippen LogP contribution is -2.65. The van der Waals surface area contributed by atoms with Crippen LogP contribution in [0.2, 0.25) is 0 Å². The van der Waals surface area contributed by atoms with Crippen LogP contribution in [0.4, 0.5) is 5.69 Å². The molecule has 218 valence electrons. The van der Waals surface area contributed by atoms with Crippen LogP contribution in [-0.4, -0.2) is 82.6 Å². The van der Waals surface area contributed by atoms with E-state index in [4.69, 9.17) is 5.73 Å². The fourth-order valence-corrected chi connectivity index (χ4v) is 6.56. The first-order valence-corrected chi connectivity index (χ1v) is 13.5. The summed E-state index contributed by atoms with van der Waals surface area (Å²) in [7, 11) is 6.74. The number of nitrogens with zero attached hydrogens (tertiary/aromatic N) is 2. The molecule has 5 rings (SSSR count). The summed E-state index contributed by atoms with van der Waals surface area (Å²) in [6, 6.07) is 8.11. The molecule has 3 aliphatic carbocycles. The summed E-state index contributed by atoms with van der Waals surface area (Å²) in [5.74, 6) is -0.924. The number of fused-ring (bicyclic) bond motifs is 3.